The molecule has 0 radical (unpaired) electrons. The molecule has 7 atom stereocenters. The standard InChI is InChI=1S/C62H90NO10P/c1-3-5-7-9-11-13-15-17-27-37-52(69-48-50-33-23-19-24-34-50)45-57(65)63-59-61(73-58(66)46-53(70-49-51-35-25-20-26-36-51)38-28-18-16-14-12-10-8-6-4-2)60(67)56(47-64)72-62(59)68-43-44-71-74(54-39-29-21-30-40-54)55-41-31-22-32-42-55/h19-26,29-36,39-42,52-53,56,59-62,64,67H,3-18,27-28,37-38,43-49H2,1-2H3,(H,63,65)/t52-,53-,56-,59+,60-,61-,62+/m1/s1. The van der Waals surface area contributed by atoms with Crippen LogP contribution in [0.5, 0.6) is 0 Å². The van der Waals surface area contributed by atoms with Crippen LogP contribution in [0.3, 0.4) is 0 Å². The number of ether oxygens (including phenoxy) is 5. The van der Waals surface area contributed by atoms with E-state index < -0.39 is 63.6 Å². The molecule has 0 aromatic heterocycles. The molecule has 1 aliphatic heterocycles. The van der Waals surface area contributed by atoms with Crippen LogP contribution in [0.1, 0.15) is 166 Å². The van der Waals surface area contributed by atoms with Gasteiger partial charge in [0.25, 0.3) is 0 Å². The van der Waals surface area contributed by atoms with Gasteiger partial charge in [-0.2, -0.15) is 0 Å². The summed E-state index contributed by atoms with van der Waals surface area (Å²) in [5.74, 6) is -0.951. The zero-order valence-corrected chi connectivity index (χ0v) is 45.7. The van der Waals surface area contributed by atoms with E-state index in [1.54, 1.807) is 0 Å². The fourth-order valence-corrected chi connectivity index (χ4v) is 11.2. The van der Waals surface area contributed by atoms with Crippen LogP contribution in [-0.4, -0.2) is 84.8 Å². The minimum Gasteiger partial charge on any atom is -0.457 e. The van der Waals surface area contributed by atoms with Crippen molar-refractivity contribution in [2.75, 3.05) is 19.8 Å². The smallest absolute Gasteiger partial charge is 0.308 e. The molecule has 0 bridgehead atoms. The van der Waals surface area contributed by atoms with Gasteiger partial charge in [0.15, 0.2) is 12.4 Å². The molecular weight excluding hydrogens is 950 g/mol. The Morgan fingerprint density at radius 1 is 0.581 bits per heavy atom. The van der Waals surface area contributed by atoms with Crippen LogP contribution in [0.15, 0.2) is 121 Å². The van der Waals surface area contributed by atoms with Crippen LogP contribution >= 0.6 is 8.15 Å². The molecule has 0 aliphatic carbocycles. The average Bonchev–Trinajstić information content (AvgIpc) is 3.43. The van der Waals surface area contributed by atoms with Gasteiger partial charge in [0, 0.05) is 10.6 Å². The molecule has 408 valence electrons. The highest BCUT2D eigenvalue weighted by Gasteiger charge is 2.49. The van der Waals surface area contributed by atoms with Crippen LogP contribution in [-0.2, 0) is 51.0 Å². The van der Waals surface area contributed by atoms with Crippen molar-refractivity contribution >= 4 is 30.6 Å². The first-order valence-electron chi connectivity index (χ1n) is 28.3. The normalized spacial score (nSPS) is 18.5. The summed E-state index contributed by atoms with van der Waals surface area (Å²) in [6.45, 7) is 4.80. The van der Waals surface area contributed by atoms with Crippen molar-refractivity contribution in [3.8, 4) is 0 Å². The highest BCUT2D eigenvalue weighted by molar-refractivity contribution is 7.68. The molecule has 1 aliphatic rings. The van der Waals surface area contributed by atoms with Crippen molar-refractivity contribution in [3.05, 3.63) is 132 Å². The zero-order chi connectivity index (χ0) is 52.3. The van der Waals surface area contributed by atoms with Gasteiger partial charge in [0.2, 0.25) is 5.91 Å². The van der Waals surface area contributed by atoms with Crippen molar-refractivity contribution in [1.82, 2.24) is 5.32 Å². The molecule has 1 heterocycles. The topological polar surface area (TPSA) is 142 Å². The minimum atomic E-state index is -1.48. The summed E-state index contributed by atoms with van der Waals surface area (Å²) < 4.78 is 38.3. The predicted molar refractivity (Wildman–Crippen MR) is 298 cm³/mol. The summed E-state index contributed by atoms with van der Waals surface area (Å²) in [4.78, 5) is 28.6. The van der Waals surface area contributed by atoms with E-state index in [4.69, 9.17) is 28.2 Å². The van der Waals surface area contributed by atoms with Gasteiger partial charge in [-0.3, -0.25) is 9.59 Å². The summed E-state index contributed by atoms with van der Waals surface area (Å²) in [5.41, 5.74) is 2.01. The van der Waals surface area contributed by atoms with Crippen LogP contribution in [0.4, 0.5) is 0 Å². The van der Waals surface area contributed by atoms with Gasteiger partial charge in [-0.15, -0.1) is 0 Å². The minimum absolute atomic E-state index is 0.0307. The van der Waals surface area contributed by atoms with E-state index in [1.807, 2.05) is 121 Å². The molecule has 1 amide bonds. The van der Waals surface area contributed by atoms with E-state index >= 15 is 0 Å². The molecule has 5 rings (SSSR count). The number of hydrogen-bond acceptors (Lipinski definition) is 10. The van der Waals surface area contributed by atoms with Crippen LogP contribution < -0.4 is 15.9 Å². The first kappa shape index (κ1) is 60.8. The Hall–Kier alpha value is -4.03. The van der Waals surface area contributed by atoms with Crippen LogP contribution in [0, 0.1) is 0 Å². The van der Waals surface area contributed by atoms with E-state index in [2.05, 4.69) is 19.2 Å². The molecule has 0 unspecified atom stereocenters. The van der Waals surface area contributed by atoms with E-state index in [0.29, 0.717) is 26.1 Å². The predicted octanol–water partition coefficient (Wildman–Crippen LogP) is 12.3. The van der Waals surface area contributed by atoms with Gasteiger partial charge in [0.1, 0.15) is 18.2 Å². The molecule has 1 saturated heterocycles. The van der Waals surface area contributed by atoms with Gasteiger partial charge < -0.3 is 43.7 Å². The lowest BCUT2D eigenvalue weighted by Gasteiger charge is -2.44. The number of carbonyl (C=O) groups excluding carboxylic acids is 2. The maximum atomic E-state index is 14.4. The maximum Gasteiger partial charge on any atom is 0.308 e. The third kappa shape index (κ3) is 23.9. The number of aliphatic hydroxyl groups is 2. The molecule has 0 spiro atoms. The van der Waals surface area contributed by atoms with E-state index in [9.17, 15) is 19.8 Å². The largest absolute Gasteiger partial charge is 0.457 e. The molecule has 12 heteroatoms. The third-order valence-corrected chi connectivity index (χ3v) is 15.7. The Morgan fingerprint density at radius 3 is 1.47 bits per heavy atom. The van der Waals surface area contributed by atoms with Crippen molar-refractivity contribution < 1.29 is 48.0 Å². The third-order valence-electron chi connectivity index (χ3n) is 13.7. The van der Waals surface area contributed by atoms with Crippen LogP contribution in [0.25, 0.3) is 0 Å². The monoisotopic (exact) mass is 1040 g/mol. The summed E-state index contributed by atoms with van der Waals surface area (Å²) in [7, 11) is -1.19. The first-order chi connectivity index (χ1) is 36.4. The summed E-state index contributed by atoms with van der Waals surface area (Å²) in [5, 5.41) is 27.6. The fraction of sp³-hybridized carbons (Fsp3) is 0.581. The Bertz CT molecular complexity index is 1980. The van der Waals surface area contributed by atoms with Gasteiger partial charge in [0.05, 0.1) is 66.2 Å². The van der Waals surface area contributed by atoms with Gasteiger partial charge in [-0.25, -0.2) is 0 Å². The fourth-order valence-electron chi connectivity index (χ4n) is 9.49. The maximum absolute atomic E-state index is 14.4. The quantitative estimate of drug-likeness (QED) is 0.0224. The second-order valence-corrected chi connectivity index (χ2v) is 21.8. The van der Waals surface area contributed by atoms with E-state index in [0.717, 1.165) is 60.3 Å². The molecule has 3 N–H and O–H groups in total. The Kier molecular flexibility index (Phi) is 31.0. The number of nitrogens with one attached hydrogen (secondary N) is 1. The second-order valence-electron chi connectivity index (χ2n) is 19.9. The lowest BCUT2D eigenvalue weighted by Crippen LogP contribution is -2.66. The lowest BCUT2D eigenvalue weighted by atomic mass is 9.96. The Balaban J connectivity index is 1.31. The number of benzene rings is 4. The molecule has 4 aromatic carbocycles. The van der Waals surface area contributed by atoms with Gasteiger partial charge in [-0.1, -0.05) is 251 Å². The highest BCUT2D eigenvalue weighted by atomic mass is 31.1. The van der Waals surface area contributed by atoms with E-state index in [-0.39, 0.29) is 32.0 Å². The Labute approximate surface area is 445 Å². The van der Waals surface area contributed by atoms with Crippen molar-refractivity contribution in [2.24, 2.45) is 0 Å². The van der Waals surface area contributed by atoms with Gasteiger partial charge in [-0.05, 0) is 24.0 Å². The molecule has 74 heavy (non-hydrogen) atoms. The number of amides is 1. The number of unbranched alkanes of at least 4 members (excludes halogenated alkanes) is 16. The SMILES string of the molecule is CCCCCCCCCCC[C@H](CC(=O)N[C@@H]1[C@@H](OCCOP(c2ccccc2)c2ccccc2)O[C@H](CO)[C@@H](O)[C@@H]1OC(=O)C[C@@H](CCCCCCCCCCC)OCc1ccccc1)OCc1ccccc1. The number of hydrogen-bond donors (Lipinski definition) is 3. The summed E-state index contributed by atoms with van der Waals surface area (Å²) >= 11 is 0. The van der Waals surface area contributed by atoms with Crippen LogP contribution in [0.2, 0.25) is 0 Å². The molecule has 1 fully saturated rings. The zero-order valence-electron chi connectivity index (χ0n) is 44.8. The number of aliphatic hydroxyl groups excluding tert-OH is 2. The molecule has 4 aromatic rings. The number of rotatable bonds is 40. The molecule has 11 nitrogen and oxygen atoms in total. The van der Waals surface area contributed by atoms with E-state index in [1.165, 1.54) is 77.0 Å². The molecular formula is C62H90NO10P. The Morgan fingerprint density at radius 2 is 1.01 bits per heavy atom. The average molecular weight is 1040 g/mol. The van der Waals surface area contributed by atoms with Crippen molar-refractivity contribution in [3.63, 3.8) is 0 Å². The van der Waals surface area contributed by atoms with Crippen molar-refractivity contribution in [1.29, 1.82) is 0 Å². The number of esters is 1. The highest BCUT2D eigenvalue weighted by Crippen LogP contribution is 2.35. The number of carbonyl (C=O) groups is 2. The van der Waals surface area contributed by atoms with Crippen molar-refractivity contribution in [2.45, 2.75) is 211 Å². The lowest BCUT2D eigenvalue weighted by molar-refractivity contribution is -0.274. The first-order valence-corrected chi connectivity index (χ1v) is 29.5. The summed E-state index contributed by atoms with van der Waals surface area (Å²) in [6, 6.07) is 38.7. The van der Waals surface area contributed by atoms with Gasteiger partial charge >= 0.3 is 5.97 Å². The molecule has 0 saturated carbocycles. The summed E-state index contributed by atoms with van der Waals surface area (Å²) in [6.07, 6.45) is 16.5. The second kappa shape index (κ2) is 37.7.